The first-order valence-electron chi connectivity index (χ1n) is 6.01. The molecule has 10 nitrogen and oxygen atoms in total. The quantitative estimate of drug-likeness (QED) is 0.402. The molecule has 0 aliphatic rings. The SMILES string of the molecule is NC(=O)c1cc([N+](=O)[O-])cc([N+](=O)[O-])c1N(CCO)CCCl. The molecule has 120 valence electrons. The van der Waals surface area contributed by atoms with Crippen molar-refractivity contribution in [1.82, 2.24) is 0 Å². The molecule has 0 radical (unpaired) electrons. The molecular formula is C11H13ClN4O6. The first-order valence-corrected chi connectivity index (χ1v) is 6.55. The topological polar surface area (TPSA) is 153 Å². The second-order valence-electron chi connectivity index (χ2n) is 4.14. The number of halogens is 1. The van der Waals surface area contributed by atoms with Gasteiger partial charge >= 0.3 is 0 Å². The number of hydrogen-bond donors (Lipinski definition) is 2. The smallest absolute Gasteiger partial charge is 0.300 e. The van der Waals surface area contributed by atoms with Crippen molar-refractivity contribution in [1.29, 1.82) is 0 Å². The van der Waals surface area contributed by atoms with Crippen molar-refractivity contribution >= 4 is 34.6 Å². The number of aliphatic hydroxyl groups is 1. The van der Waals surface area contributed by atoms with E-state index < -0.39 is 27.1 Å². The van der Waals surface area contributed by atoms with Gasteiger partial charge in [-0.2, -0.15) is 0 Å². The lowest BCUT2D eigenvalue weighted by Gasteiger charge is -2.24. The van der Waals surface area contributed by atoms with Crippen LogP contribution in [-0.4, -0.2) is 46.4 Å². The first-order chi connectivity index (χ1) is 10.3. The second kappa shape index (κ2) is 7.52. The van der Waals surface area contributed by atoms with Crippen LogP contribution in [0.3, 0.4) is 0 Å². The van der Waals surface area contributed by atoms with Crippen LogP contribution in [0.25, 0.3) is 0 Å². The number of nitrogens with zero attached hydrogens (tertiary/aromatic N) is 3. The summed E-state index contributed by atoms with van der Waals surface area (Å²) in [5.74, 6) is -0.994. The zero-order valence-corrected chi connectivity index (χ0v) is 12.0. The van der Waals surface area contributed by atoms with Crippen LogP contribution in [-0.2, 0) is 0 Å². The molecule has 0 atom stereocenters. The van der Waals surface area contributed by atoms with Crippen molar-refractivity contribution in [3.05, 3.63) is 37.9 Å². The number of anilines is 1. The molecule has 1 aromatic carbocycles. The molecule has 22 heavy (non-hydrogen) atoms. The lowest BCUT2D eigenvalue weighted by Crippen LogP contribution is -2.31. The molecule has 0 saturated heterocycles. The zero-order chi connectivity index (χ0) is 16.9. The minimum absolute atomic E-state index is 0.0499. The largest absolute Gasteiger partial charge is 0.395 e. The molecule has 11 heteroatoms. The van der Waals surface area contributed by atoms with Crippen LogP contribution < -0.4 is 10.6 Å². The maximum absolute atomic E-state index is 11.5. The van der Waals surface area contributed by atoms with E-state index in [1.165, 1.54) is 4.90 Å². The number of aliphatic hydroxyl groups excluding tert-OH is 1. The van der Waals surface area contributed by atoms with E-state index in [0.717, 1.165) is 12.1 Å². The number of non-ortho nitro benzene ring substituents is 1. The molecule has 0 fully saturated rings. The number of nitro benzene ring substituents is 2. The fourth-order valence-electron chi connectivity index (χ4n) is 1.93. The van der Waals surface area contributed by atoms with Gasteiger partial charge in [0.15, 0.2) is 0 Å². The maximum Gasteiger partial charge on any atom is 0.300 e. The highest BCUT2D eigenvalue weighted by Crippen LogP contribution is 2.36. The standard InChI is InChI=1S/C11H13ClN4O6/c12-1-2-14(3-4-17)10-8(11(13)18)5-7(15(19)20)6-9(10)16(21)22/h5-6,17H,1-4H2,(H2,13,18). The number of alkyl halides is 1. The van der Waals surface area contributed by atoms with Gasteiger partial charge in [-0.1, -0.05) is 0 Å². The van der Waals surface area contributed by atoms with Gasteiger partial charge in [0.25, 0.3) is 17.3 Å². The molecule has 0 aliphatic heterocycles. The van der Waals surface area contributed by atoms with Gasteiger partial charge in [-0.15, -0.1) is 11.6 Å². The zero-order valence-electron chi connectivity index (χ0n) is 11.3. The Hall–Kier alpha value is -2.46. The third-order valence-corrected chi connectivity index (χ3v) is 2.96. The van der Waals surface area contributed by atoms with Crippen LogP contribution in [0.1, 0.15) is 10.4 Å². The molecule has 0 aromatic heterocycles. The highest BCUT2D eigenvalue weighted by Gasteiger charge is 2.29. The Bertz CT molecular complexity index is 567. The van der Waals surface area contributed by atoms with E-state index in [4.69, 9.17) is 22.4 Å². The lowest BCUT2D eigenvalue weighted by atomic mass is 10.1. The summed E-state index contributed by atoms with van der Waals surface area (Å²) < 4.78 is 0. The van der Waals surface area contributed by atoms with E-state index in [9.17, 15) is 25.0 Å². The number of amides is 1. The van der Waals surface area contributed by atoms with Crippen molar-refractivity contribution in [2.24, 2.45) is 5.73 Å². The van der Waals surface area contributed by atoms with E-state index in [2.05, 4.69) is 0 Å². The molecule has 1 aromatic rings. The number of benzene rings is 1. The lowest BCUT2D eigenvalue weighted by molar-refractivity contribution is -0.393. The van der Waals surface area contributed by atoms with Crippen LogP contribution >= 0.6 is 11.6 Å². The first kappa shape index (κ1) is 17.6. The maximum atomic E-state index is 11.5. The Labute approximate surface area is 129 Å². The van der Waals surface area contributed by atoms with Gasteiger partial charge in [-0.05, 0) is 0 Å². The number of carbonyl (C=O) groups excluding carboxylic acids is 1. The van der Waals surface area contributed by atoms with E-state index in [-0.39, 0.29) is 36.8 Å². The van der Waals surface area contributed by atoms with Crippen LogP contribution in [0.2, 0.25) is 0 Å². The fraction of sp³-hybridized carbons (Fsp3) is 0.364. The second-order valence-corrected chi connectivity index (χ2v) is 4.52. The number of hydrogen-bond acceptors (Lipinski definition) is 7. The van der Waals surface area contributed by atoms with Gasteiger partial charge in [0.1, 0.15) is 5.69 Å². The molecular weight excluding hydrogens is 320 g/mol. The predicted molar refractivity (Wildman–Crippen MR) is 78.3 cm³/mol. The van der Waals surface area contributed by atoms with Crippen LogP contribution in [0.4, 0.5) is 17.1 Å². The van der Waals surface area contributed by atoms with E-state index in [1.54, 1.807) is 0 Å². The third kappa shape index (κ3) is 3.80. The summed E-state index contributed by atoms with van der Waals surface area (Å²) in [5, 5.41) is 31.1. The number of primary amides is 1. The summed E-state index contributed by atoms with van der Waals surface area (Å²) in [6, 6.07) is 1.60. The van der Waals surface area contributed by atoms with Crippen LogP contribution in [0, 0.1) is 20.2 Å². The Morgan fingerprint density at radius 1 is 1.27 bits per heavy atom. The summed E-state index contributed by atoms with van der Waals surface area (Å²) in [6.07, 6.45) is 0. The Kier molecular flexibility index (Phi) is 6.01. The van der Waals surface area contributed by atoms with Gasteiger partial charge in [0.05, 0.1) is 28.1 Å². The highest BCUT2D eigenvalue weighted by molar-refractivity contribution is 6.18. The van der Waals surface area contributed by atoms with E-state index in [0.29, 0.717) is 0 Å². The molecule has 0 bridgehead atoms. The number of rotatable bonds is 8. The Morgan fingerprint density at radius 3 is 2.32 bits per heavy atom. The number of carbonyl (C=O) groups is 1. The monoisotopic (exact) mass is 332 g/mol. The Morgan fingerprint density at radius 2 is 1.91 bits per heavy atom. The summed E-state index contributed by atoms with van der Waals surface area (Å²) in [7, 11) is 0. The van der Waals surface area contributed by atoms with E-state index >= 15 is 0 Å². The average molecular weight is 333 g/mol. The normalized spacial score (nSPS) is 10.3. The van der Waals surface area contributed by atoms with Gasteiger partial charge in [0.2, 0.25) is 0 Å². The van der Waals surface area contributed by atoms with Crippen LogP contribution in [0.5, 0.6) is 0 Å². The van der Waals surface area contributed by atoms with Crippen molar-refractivity contribution in [2.45, 2.75) is 0 Å². The third-order valence-electron chi connectivity index (χ3n) is 2.79. The molecule has 0 saturated carbocycles. The fourth-order valence-corrected chi connectivity index (χ4v) is 2.13. The summed E-state index contributed by atoms with van der Waals surface area (Å²) in [4.78, 5) is 33.1. The number of nitrogens with two attached hydrogens (primary N) is 1. The van der Waals surface area contributed by atoms with Crippen molar-refractivity contribution in [3.8, 4) is 0 Å². The minimum atomic E-state index is -1.06. The molecule has 0 unspecified atom stereocenters. The molecule has 3 N–H and O–H groups in total. The molecule has 1 rings (SSSR count). The average Bonchev–Trinajstić information content (AvgIpc) is 2.45. The van der Waals surface area contributed by atoms with Gasteiger partial charge in [-0.3, -0.25) is 25.0 Å². The Balaban J connectivity index is 3.66. The summed E-state index contributed by atoms with van der Waals surface area (Å²) >= 11 is 5.61. The molecule has 0 aliphatic carbocycles. The molecule has 1 amide bonds. The summed E-state index contributed by atoms with van der Waals surface area (Å²) in [5.41, 5.74) is 3.33. The van der Waals surface area contributed by atoms with Crippen LogP contribution in [0.15, 0.2) is 12.1 Å². The predicted octanol–water partition coefficient (Wildman–Crippen LogP) is 0.639. The van der Waals surface area contributed by atoms with Gasteiger partial charge < -0.3 is 15.7 Å². The highest BCUT2D eigenvalue weighted by atomic mass is 35.5. The van der Waals surface area contributed by atoms with Crippen molar-refractivity contribution in [2.75, 3.05) is 30.5 Å². The molecule has 0 heterocycles. The summed E-state index contributed by atoms with van der Waals surface area (Å²) in [6.45, 7) is -0.323. The minimum Gasteiger partial charge on any atom is -0.395 e. The van der Waals surface area contributed by atoms with Crippen molar-refractivity contribution in [3.63, 3.8) is 0 Å². The van der Waals surface area contributed by atoms with Gasteiger partial charge in [0, 0.05) is 25.0 Å². The molecule has 0 spiro atoms. The van der Waals surface area contributed by atoms with Crippen molar-refractivity contribution < 1.29 is 19.7 Å². The van der Waals surface area contributed by atoms with E-state index in [1.807, 2.05) is 0 Å². The number of nitro groups is 2. The van der Waals surface area contributed by atoms with Gasteiger partial charge in [-0.25, -0.2) is 0 Å².